The minimum absolute atomic E-state index is 0.0732. The van der Waals surface area contributed by atoms with E-state index >= 15 is 0 Å². The summed E-state index contributed by atoms with van der Waals surface area (Å²) in [6.07, 6.45) is 3.56. The Kier molecular flexibility index (Phi) is 6.18. The van der Waals surface area contributed by atoms with Gasteiger partial charge in [-0.25, -0.2) is 0 Å². The Morgan fingerprint density at radius 1 is 0.935 bits per heavy atom. The van der Waals surface area contributed by atoms with Crippen LogP contribution >= 0.6 is 11.8 Å². The average Bonchev–Trinajstić information content (AvgIpc) is 3.42. The summed E-state index contributed by atoms with van der Waals surface area (Å²) in [6.45, 7) is 10.5. The van der Waals surface area contributed by atoms with Crippen LogP contribution in [0.5, 0.6) is 0 Å². The number of benzene rings is 1. The lowest BCUT2D eigenvalue weighted by molar-refractivity contribution is 0.373. The lowest BCUT2D eigenvalue weighted by Gasteiger charge is -2.17. The Morgan fingerprint density at radius 2 is 1.74 bits per heavy atom. The van der Waals surface area contributed by atoms with Gasteiger partial charge in [-0.05, 0) is 36.6 Å². The number of rotatable bonds is 7. The molecule has 1 aromatic carbocycles. The number of pyridine rings is 1. The molecule has 0 fully saturated rings. The van der Waals surface area contributed by atoms with Crippen molar-refractivity contribution in [2.24, 2.45) is 0 Å². The Labute approximate surface area is 186 Å². The molecule has 160 valence electrons. The standard InChI is InChI=1S/C23H26N6OS/c1-14(2)18-10-6-7-11-19(18)29-21(17-9-8-12-24-13-17)26-27-23(29)31-16(5)22-25-20(15(3)4)28-30-22/h6-16H,1-5H3/t16-/m1/s1. The number of nitrogens with zero attached hydrogens (tertiary/aromatic N) is 6. The lowest BCUT2D eigenvalue weighted by Crippen LogP contribution is -2.05. The fourth-order valence-electron chi connectivity index (χ4n) is 3.28. The largest absolute Gasteiger partial charge is 0.338 e. The molecule has 3 heterocycles. The molecular formula is C23H26N6OS. The van der Waals surface area contributed by atoms with Gasteiger partial charge in [-0.15, -0.1) is 10.2 Å². The van der Waals surface area contributed by atoms with Gasteiger partial charge in [-0.3, -0.25) is 9.55 Å². The summed E-state index contributed by atoms with van der Waals surface area (Å²) in [7, 11) is 0. The van der Waals surface area contributed by atoms with Crippen molar-refractivity contribution < 1.29 is 4.52 Å². The quantitative estimate of drug-likeness (QED) is 0.339. The maximum atomic E-state index is 5.51. The van der Waals surface area contributed by atoms with Gasteiger partial charge in [0.1, 0.15) is 0 Å². The zero-order valence-electron chi connectivity index (χ0n) is 18.4. The third-order valence-corrected chi connectivity index (χ3v) is 5.99. The second-order valence-electron chi connectivity index (χ2n) is 8.00. The Morgan fingerprint density at radius 3 is 2.42 bits per heavy atom. The molecule has 4 aromatic rings. The van der Waals surface area contributed by atoms with Crippen molar-refractivity contribution in [2.75, 3.05) is 0 Å². The summed E-state index contributed by atoms with van der Waals surface area (Å²) in [5.74, 6) is 2.62. The first-order valence-corrected chi connectivity index (χ1v) is 11.3. The summed E-state index contributed by atoms with van der Waals surface area (Å²) in [6, 6.07) is 12.3. The number of para-hydroxylation sites is 1. The van der Waals surface area contributed by atoms with Gasteiger partial charge >= 0.3 is 0 Å². The monoisotopic (exact) mass is 434 g/mol. The van der Waals surface area contributed by atoms with Crippen molar-refractivity contribution in [2.45, 2.75) is 56.9 Å². The highest BCUT2D eigenvalue weighted by molar-refractivity contribution is 7.99. The number of thioether (sulfide) groups is 1. The minimum Gasteiger partial charge on any atom is -0.338 e. The van der Waals surface area contributed by atoms with Crippen molar-refractivity contribution in [3.05, 3.63) is 66.1 Å². The second kappa shape index (κ2) is 9.01. The minimum atomic E-state index is -0.0732. The van der Waals surface area contributed by atoms with Crippen LogP contribution in [0.2, 0.25) is 0 Å². The van der Waals surface area contributed by atoms with Crippen LogP contribution in [-0.4, -0.2) is 29.9 Å². The summed E-state index contributed by atoms with van der Waals surface area (Å²) < 4.78 is 7.61. The van der Waals surface area contributed by atoms with Gasteiger partial charge in [0.05, 0.1) is 10.9 Å². The van der Waals surface area contributed by atoms with Crippen LogP contribution in [0, 0.1) is 0 Å². The molecule has 0 spiro atoms. The highest BCUT2D eigenvalue weighted by Gasteiger charge is 2.24. The molecule has 3 aromatic heterocycles. The third kappa shape index (κ3) is 4.39. The first-order valence-electron chi connectivity index (χ1n) is 10.4. The Bertz CT molecular complexity index is 1150. The molecule has 0 bridgehead atoms. The molecular weight excluding hydrogens is 408 g/mol. The predicted octanol–water partition coefficient (Wildman–Crippen LogP) is 5.81. The predicted molar refractivity (Wildman–Crippen MR) is 121 cm³/mol. The van der Waals surface area contributed by atoms with Crippen LogP contribution in [0.3, 0.4) is 0 Å². The van der Waals surface area contributed by atoms with Gasteiger partial charge < -0.3 is 4.52 Å². The van der Waals surface area contributed by atoms with E-state index in [0.717, 1.165) is 22.2 Å². The fourth-order valence-corrected chi connectivity index (χ4v) is 4.17. The maximum Gasteiger partial charge on any atom is 0.239 e. The third-order valence-electron chi connectivity index (χ3n) is 4.96. The molecule has 0 N–H and O–H groups in total. The van der Waals surface area contributed by atoms with Crippen LogP contribution in [0.4, 0.5) is 0 Å². The van der Waals surface area contributed by atoms with Gasteiger partial charge in [-0.2, -0.15) is 4.98 Å². The smallest absolute Gasteiger partial charge is 0.239 e. The van der Waals surface area contributed by atoms with Crippen molar-refractivity contribution in [1.29, 1.82) is 0 Å². The van der Waals surface area contributed by atoms with E-state index in [1.165, 1.54) is 5.56 Å². The first-order chi connectivity index (χ1) is 15.0. The van der Waals surface area contributed by atoms with E-state index in [1.54, 1.807) is 18.0 Å². The molecule has 31 heavy (non-hydrogen) atoms. The number of hydrogen-bond acceptors (Lipinski definition) is 7. The molecule has 0 aliphatic carbocycles. The molecule has 0 amide bonds. The SMILES string of the molecule is CC(C)c1noc([C@@H](C)Sc2nnc(-c3cccnc3)n2-c2ccccc2C(C)C)n1. The van der Waals surface area contributed by atoms with Gasteiger partial charge in [-0.1, -0.05) is 62.8 Å². The zero-order chi connectivity index (χ0) is 22.0. The number of hydrogen-bond donors (Lipinski definition) is 0. The second-order valence-corrected chi connectivity index (χ2v) is 9.31. The topological polar surface area (TPSA) is 82.5 Å². The summed E-state index contributed by atoms with van der Waals surface area (Å²) >= 11 is 1.55. The molecule has 0 unspecified atom stereocenters. The van der Waals surface area contributed by atoms with E-state index in [4.69, 9.17) is 4.52 Å². The van der Waals surface area contributed by atoms with E-state index in [1.807, 2.05) is 45.2 Å². The van der Waals surface area contributed by atoms with Crippen molar-refractivity contribution >= 4 is 11.8 Å². The highest BCUT2D eigenvalue weighted by Crippen LogP contribution is 2.38. The van der Waals surface area contributed by atoms with Crippen LogP contribution in [0.1, 0.15) is 69.0 Å². The van der Waals surface area contributed by atoms with Crippen molar-refractivity contribution in [1.82, 2.24) is 29.9 Å². The van der Waals surface area contributed by atoms with Gasteiger partial charge in [0, 0.05) is 23.9 Å². The maximum absolute atomic E-state index is 5.51. The van der Waals surface area contributed by atoms with Crippen LogP contribution < -0.4 is 0 Å². The molecule has 0 radical (unpaired) electrons. The van der Waals surface area contributed by atoms with E-state index in [9.17, 15) is 0 Å². The van der Waals surface area contributed by atoms with E-state index in [2.05, 4.69) is 61.9 Å². The molecule has 1 atom stereocenters. The first kappa shape index (κ1) is 21.2. The normalized spacial score (nSPS) is 12.6. The van der Waals surface area contributed by atoms with E-state index in [-0.39, 0.29) is 11.2 Å². The van der Waals surface area contributed by atoms with Crippen LogP contribution in [0.25, 0.3) is 17.1 Å². The molecule has 0 aliphatic rings. The summed E-state index contributed by atoms with van der Waals surface area (Å²) in [4.78, 5) is 8.82. The molecule has 0 aliphatic heterocycles. The average molecular weight is 435 g/mol. The van der Waals surface area contributed by atoms with Gasteiger partial charge in [0.15, 0.2) is 16.8 Å². The van der Waals surface area contributed by atoms with E-state index in [0.29, 0.717) is 17.6 Å². The van der Waals surface area contributed by atoms with Crippen molar-refractivity contribution in [3.8, 4) is 17.1 Å². The van der Waals surface area contributed by atoms with Crippen molar-refractivity contribution in [3.63, 3.8) is 0 Å². The molecule has 0 saturated carbocycles. The molecule has 0 saturated heterocycles. The molecule has 4 rings (SSSR count). The highest BCUT2D eigenvalue weighted by atomic mass is 32.2. The van der Waals surface area contributed by atoms with Gasteiger partial charge in [0.25, 0.3) is 0 Å². The molecule has 8 heteroatoms. The Balaban J connectivity index is 1.79. The van der Waals surface area contributed by atoms with E-state index < -0.39 is 0 Å². The zero-order valence-corrected chi connectivity index (χ0v) is 19.2. The van der Waals surface area contributed by atoms with Crippen LogP contribution in [0.15, 0.2) is 58.5 Å². The fraction of sp³-hybridized carbons (Fsp3) is 0.348. The van der Waals surface area contributed by atoms with Crippen LogP contribution in [-0.2, 0) is 0 Å². The molecule has 7 nitrogen and oxygen atoms in total. The number of aromatic nitrogens is 6. The van der Waals surface area contributed by atoms with Gasteiger partial charge in [0.2, 0.25) is 5.89 Å². The Hall–Kier alpha value is -3.00. The summed E-state index contributed by atoms with van der Waals surface area (Å²) in [5, 5.41) is 13.9. The lowest BCUT2D eigenvalue weighted by atomic mass is 10.0. The summed E-state index contributed by atoms with van der Waals surface area (Å²) in [5.41, 5.74) is 3.19.